The number of ketones is 1. The molecule has 0 heterocycles. The number of rotatable bonds is 2. The van der Waals surface area contributed by atoms with Crippen molar-refractivity contribution in [1.82, 2.24) is 0 Å². The van der Waals surface area contributed by atoms with Crippen LogP contribution in [0, 0.1) is 23.2 Å². The van der Waals surface area contributed by atoms with Crippen LogP contribution in [0.5, 0.6) is 0 Å². The van der Waals surface area contributed by atoms with E-state index < -0.39 is 23.1 Å². The van der Waals surface area contributed by atoms with Crippen LogP contribution in [0.25, 0.3) is 5.53 Å². The Balaban J connectivity index is 1.93. The van der Waals surface area contributed by atoms with E-state index in [0.717, 1.165) is 19.3 Å². The first-order chi connectivity index (χ1) is 8.84. The van der Waals surface area contributed by atoms with E-state index in [0.29, 0.717) is 37.0 Å². The molecule has 104 valence electrons. The van der Waals surface area contributed by atoms with Crippen molar-refractivity contribution in [3.8, 4) is 0 Å². The minimum atomic E-state index is -4.87. The molecule has 0 radical (unpaired) electrons. The molecule has 4 aliphatic rings. The average Bonchev–Trinajstić information content (AvgIpc) is 2.25. The van der Waals surface area contributed by atoms with Crippen LogP contribution in [0.2, 0.25) is 0 Å². The number of carbonyl (C=O) groups excluding carboxylic acids is 1. The lowest BCUT2D eigenvalue weighted by molar-refractivity contribution is -0.153. The number of alkyl halides is 3. The average molecular weight is 272 g/mol. The molecule has 19 heavy (non-hydrogen) atoms. The normalized spacial score (nSPS) is 40.1. The Morgan fingerprint density at radius 2 is 1.47 bits per heavy atom. The molecular formula is C13H15F3N2O. The molecule has 4 rings (SSSR count). The molecule has 3 nitrogen and oxygen atoms in total. The second-order valence-corrected chi connectivity index (χ2v) is 6.47. The van der Waals surface area contributed by atoms with Gasteiger partial charge in [0.1, 0.15) is 0 Å². The predicted molar refractivity (Wildman–Crippen MR) is 60.3 cm³/mol. The molecule has 4 bridgehead atoms. The zero-order valence-corrected chi connectivity index (χ0v) is 10.4. The molecule has 0 unspecified atom stereocenters. The van der Waals surface area contributed by atoms with Gasteiger partial charge in [-0.2, -0.15) is 18.0 Å². The lowest BCUT2D eigenvalue weighted by Gasteiger charge is -2.55. The Kier molecular flexibility index (Phi) is 2.65. The Labute approximate surface area is 108 Å². The van der Waals surface area contributed by atoms with E-state index in [1.54, 1.807) is 0 Å². The Morgan fingerprint density at radius 1 is 1.05 bits per heavy atom. The van der Waals surface area contributed by atoms with Crippen molar-refractivity contribution in [2.45, 2.75) is 44.7 Å². The van der Waals surface area contributed by atoms with Gasteiger partial charge >= 0.3 is 11.9 Å². The standard InChI is InChI=1S/C13H15F3N2O/c14-13(15,16)10(18-17)11(19)12-4-7-1-8(5-12)3-9(2-7)6-12/h7-9H,1-6H2. The first kappa shape index (κ1) is 12.9. The molecule has 0 N–H and O–H groups in total. The highest BCUT2D eigenvalue weighted by atomic mass is 19.4. The third-order valence-corrected chi connectivity index (χ3v) is 5.10. The molecule has 4 aliphatic carbocycles. The molecule has 6 heteroatoms. The second kappa shape index (κ2) is 3.92. The van der Waals surface area contributed by atoms with E-state index in [9.17, 15) is 18.0 Å². The maximum atomic E-state index is 12.7. The van der Waals surface area contributed by atoms with Crippen LogP contribution in [0.4, 0.5) is 13.2 Å². The van der Waals surface area contributed by atoms with Crippen molar-refractivity contribution < 1.29 is 22.8 Å². The van der Waals surface area contributed by atoms with Crippen LogP contribution in [0.3, 0.4) is 0 Å². The van der Waals surface area contributed by atoms with Gasteiger partial charge in [-0.1, -0.05) is 0 Å². The third kappa shape index (κ3) is 1.93. The first-order valence-electron chi connectivity index (χ1n) is 6.68. The molecule has 0 amide bonds. The van der Waals surface area contributed by atoms with Gasteiger partial charge in [0, 0.05) is 5.41 Å². The number of Topliss-reactive ketones (excluding diaryl/α,β-unsaturated/α-hetero) is 1. The van der Waals surface area contributed by atoms with Gasteiger partial charge in [0.05, 0.1) is 0 Å². The SMILES string of the molecule is [N-]=[N+]=C(C(=O)C12CC3CC(CC(C3)C1)C2)C(F)(F)F. The fourth-order valence-electron chi connectivity index (χ4n) is 4.87. The van der Waals surface area contributed by atoms with Crippen LogP contribution in [0.15, 0.2) is 0 Å². The summed E-state index contributed by atoms with van der Waals surface area (Å²) in [5.41, 5.74) is 6.05. The van der Waals surface area contributed by atoms with Gasteiger partial charge in [0.25, 0.3) is 5.78 Å². The Morgan fingerprint density at radius 3 is 1.79 bits per heavy atom. The summed E-state index contributed by atoms with van der Waals surface area (Å²) >= 11 is 0. The number of hydrogen-bond donors (Lipinski definition) is 0. The molecule has 0 aromatic carbocycles. The summed E-state index contributed by atoms with van der Waals surface area (Å²) in [5, 5.41) is 0. The molecule has 4 saturated carbocycles. The van der Waals surface area contributed by atoms with E-state index >= 15 is 0 Å². The summed E-state index contributed by atoms with van der Waals surface area (Å²) in [6.45, 7) is 0. The van der Waals surface area contributed by atoms with E-state index in [1.165, 1.54) is 0 Å². The lowest BCUT2D eigenvalue weighted by atomic mass is 9.48. The smallest absolute Gasteiger partial charge is 0.361 e. The zero-order chi connectivity index (χ0) is 13.8. The molecule has 0 saturated heterocycles. The van der Waals surface area contributed by atoms with Crippen molar-refractivity contribution in [2.75, 3.05) is 0 Å². The van der Waals surface area contributed by atoms with Gasteiger partial charge in [-0.05, 0) is 56.3 Å². The van der Waals surface area contributed by atoms with Gasteiger partial charge in [-0.15, -0.1) is 0 Å². The lowest BCUT2D eigenvalue weighted by Crippen LogP contribution is -2.54. The highest BCUT2D eigenvalue weighted by Gasteiger charge is 2.62. The van der Waals surface area contributed by atoms with E-state index in [4.69, 9.17) is 5.53 Å². The minimum absolute atomic E-state index is 0.378. The van der Waals surface area contributed by atoms with Gasteiger partial charge in [0.2, 0.25) is 0 Å². The number of carbonyl (C=O) groups is 1. The van der Waals surface area contributed by atoms with Gasteiger partial charge < -0.3 is 5.53 Å². The summed E-state index contributed by atoms with van der Waals surface area (Å²) in [6, 6.07) is 0. The summed E-state index contributed by atoms with van der Waals surface area (Å²) < 4.78 is 38.2. The fourth-order valence-corrected chi connectivity index (χ4v) is 4.87. The van der Waals surface area contributed by atoms with Crippen LogP contribution in [-0.4, -0.2) is 22.5 Å². The van der Waals surface area contributed by atoms with Gasteiger partial charge in [-0.25, -0.2) is 0 Å². The molecule has 0 aromatic heterocycles. The molecule has 0 aliphatic heterocycles. The first-order valence-corrected chi connectivity index (χ1v) is 6.68. The highest BCUT2D eigenvalue weighted by molar-refractivity contribution is 6.41. The summed E-state index contributed by atoms with van der Waals surface area (Å²) in [5.74, 6) is 0.150. The quantitative estimate of drug-likeness (QED) is 0.433. The summed E-state index contributed by atoms with van der Waals surface area (Å²) in [6.07, 6.45) is -0.125. The van der Waals surface area contributed by atoms with E-state index in [2.05, 4.69) is 4.79 Å². The maximum absolute atomic E-state index is 12.7. The Bertz CT molecular complexity index is 441. The molecule has 0 atom stereocenters. The maximum Gasteiger partial charge on any atom is 0.498 e. The van der Waals surface area contributed by atoms with Crippen molar-refractivity contribution in [2.24, 2.45) is 23.2 Å². The largest absolute Gasteiger partial charge is 0.498 e. The predicted octanol–water partition coefficient (Wildman–Crippen LogP) is 3.01. The zero-order valence-electron chi connectivity index (χ0n) is 10.4. The number of nitrogens with zero attached hydrogens (tertiary/aromatic N) is 2. The fraction of sp³-hybridized carbons (Fsp3) is 0.846. The number of hydrogen-bond acceptors (Lipinski definition) is 1. The summed E-state index contributed by atoms with van der Waals surface area (Å²) in [7, 11) is 0. The van der Waals surface area contributed by atoms with Crippen molar-refractivity contribution in [3.05, 3.63) is 5.53 Å². The van der Waals surface area contributed by atoms with Crippen LogP contribution >= 0.6 is 0 Å². The minimum Gasteiger partial charge on any atom is -0.361 e. The van der Waals surface area contributed by atoms with Crippen LogP contribution in [-0.2, 0) is 4.79 Å². The molecule has 0 aromatic rings. The topological polar surface area (TPSA) is 53.5 Å². The molecular weight excluding hydrogens is 257 g/mol. The molecule has 0 spiro atoms. The monoisotopic (exact) mass is 272 g/mol. The van der Waals surface area contributed by atoms with Crippen molar-refractivity contribution >= 4 is 11.5 Å². The Hall–Kier alpha value is -1.16. The highest BCUT2D eigenvalue weighted by Crippen LogP contribution is 2.60. The van der Waals surface area contributed by atoms with Gasteiger partial charge in [0.15, 0.2) is 0 Å². The van der Waals surface area contributed by atoms with E-state index in [-0.39, 0.29) is 0 Å². The van der Waals surface area contributed by atoms with Gasteiger partial charge in [-0.3, -0.25) is 4.79 Å². The van der Waals surface area contributed by atoms with E-state index in [1.807, 2.05) is 0 Å². The molecule has 4 fully saturated rings. The van der Waals surface area contributed by atoms with Crippen LogP contribution in [0.1, 0.15) is 38.5 Å². The number of halogens is 3. The summed E-state index contributed by atoms with van der Waals surface area (Å²) in [4.78, 5) is 14.5. The van der Waals surface area contributed by atoms with Crippen molar-refractivity contribution in [1.29, 1.82) is 0 Å². The third-order valence-electron chi connectivity index (χ3n) is 5.10. The van der Waals surface area contributed by atoms with Crippen molar-refractivity contribution in [3.63, 3.8) is 0 Å². The second-order valence-electron chi connectivity index (χ2n) is 6.47. The van der Waals surface area contributed by atoms with Crippen LogP contribution < -0.4 is 0 Å².